The molecule has 2 fully saturated rings. The van der Waals surface area contributed by atoms with E-state index >= 15 is 0 Å². The first-order chi connectivity index (χ1) is 10.2. The molecule has 0 radical (unpaired) electrons. The zero-order valence-electron chi connectivity index (χ0n) is 13.4. The Morgan fingerprint density at radius 1 is 1.14 bits per heavy atom. The molecule has 21 heavy (non-hydrogen) atoms. The minimum absolute atomic E-state index is 0.149. The lowest BCUT2D eigenvalue weighted by atomic mass is 9.89. The highest BCUT2D eigenvalue weighted by atomic mass is 16.7. The molecule has 120 valence electrons. The molecule has 0 aliphatic carbocycles. The van der Waals surface area contributed by atoms with Crippen LogP contribution in [0.4, 0.5) is 0 Å². The zero-order chi connectivity index (χ0) is 14.7. The normalized spacial score (nSPS) is 38.3. The van der Waals surface area contributed by atoms with Crippen LogP contribution in [0.5, 0.6) is 0 Å². The first-order valence-corrected chi connectivity index (χ1v) is 8.55. The molecule has 3 unspecified atom stereocenters. The number of hydrogen-bond acceptors (Lipinski definition) is 5. The molecule has 3 atom stereocenters. The summed E-state index contributed by atoms with van der Waals surface area (Å²) >= 11 is 0. The summed E-state index contributed by atoms with van der Waals surface area (Å²) in [5.74, 6) is 1.24. The number of hydrogen-bond donors (Lipinski definition) is 1. The maximum atomic E-state index is 6.18. The van der Waals surface area contributed by atoms with E-state index in [4.69, 9.17) is 9.57 Å². The Hall–Kier alpha value is -0.810. The van der Waals surface area contributed by atoms with Crippen LogP contribution in [0, 0.1) is 5.92 Å². The number of oxime groups is 1. The van der Waals surface area contributed by atoms with Gasteiger partial charge in [-0.3, -0.25) is 4.90 Å². The molecule has 5 heteroatoms. The first-order valence-electron chi connectivity index (χ1n) is 8.55. The van der Waals surface area contributed by atoms with Crippen LogP contribution < -0.4 is 5.32 Å². The van der Waals surface area contributed by atoms with Gasteiger partial charge in [0.25, 0.3) is 0 Å². The smallest absolute Gasteiger partial charge is 0.229 e. The summed E-state index contributed by atoms with van der Waals surface area (Å²) < 4.78 is 6.18. The molecule has 0 aromatic heterocycles. The molecule has 0 bridgehead atoms. The molecule has 3 aliphatic rings. The summed E-state index contributed by atoms with van der Waals surface area (Å²) in [7, 11) is 0. The van der Waals surface area contributed by atoms with E-state index in [0.29, 0.717) is 24.6 Å². The topological polar surface area (TPSA) is 46.1 Å². The summed E-state index contributed by atoms with van der Waals surface area (Å²) in [6.07, 6.45) is 6.33. The summed E-state index contributed by atoms with van der Waals surface area (Å²) in [5.41, 5.74) is 0. The van der Waals surface area contributed by atoms with Gasteiger partial charge in [-0.2, -0.15) is 0 Å². The number of ether oxygens (including phenoxy) is 1. The van der Waals surface area contributed by atoms with Crippen molar-refractivity contribution >= 4 is 5.90 Å². The van der Waals surface area contributed by atoms with E-state index in [1.54, 1.807) is 0 Å². The van der Waals surface area contributed by atoms with Gasteiger partial charge in [0, 0.05) is 24.5 Å². The van der Waals surface area contributed by atoms with Crippen LogP contribution in [0.1, 0.15) is 46.0 Å². The van der Waals surface area contributed by atoms with Crippen molar-refractivity contribution < 1.29 is 9.57 Å². The van der Waals surface area contributed by atoms with E-state index in [0.717, 1.165) is 25.3 Å². The number of rotatable bonds is 3. The van der Waals surface area contributed by atoms with Crippen molar-refractivity contribution in [2.45, 2.75) is 64.1 Å². The molecule has 3 rings (SSSR count). The summed E-state index contributed by atoms with van der Waals surface area (Å²) in [5, 5.41) is 7.78. The second-order valence-corrected chi connectivity index (χ2v) is 6.96. The fourth-order valence-corrected chi connectivity index (χ4v) is 3.87. The molecule has 2 saturated heterocycles. The Bertz CT molecular complexity index is 359. The van der Waals surface area contributed by atoms with Gasteiger partial charge in [0.15, 0.2) is 6.61 Å². The first kappa shape index (κ1) is 15.1. The number of likely N-dealkylation sites (tertiary alicyclic amines) is 1. The average Bonchev–Trinajstić information content (AvgIpc) is 2.47. The minimum Gasteiger partial charge on any atom is -0.470 e. The van der Waals surface area contributed by atoms with Crippen LogP contribution in [0.2, 0.25) is 0 Å². The van der Waals surface area contributed by atoms with Gasteiger partial charge in [-0.15, -0.1) is 0 Å². The molecule has 0 saturated carbocycles. The molecular formula is C16H29N3O2. The third-order valence-corrected chi connectivity index (χ3v) is 4.81. The third-order valence-electron chi connectivity index (χ3n) is 4.81. The Labute approximate surface area is 128 Å². The SMILES string of the molecule is CC1CC(C2=NOCC(CN3CCCCC3)O2)CC(C)N1. The standard InChI is InChI=1S/C16H29N3O2/c1-12-8-14(9-13(2)17-12)16-18-20-11-15(21-16)10-19-6-4-3-5-7-19/h12-15,17H,3-11H2,1-2H3. The molecule has 3 heterocycles. The van der Waals surface area contributed by atoms with E-state index in [1.165, 1.54) is 32.4 Å². The monoisotopic (exact) mass is 295 g/mol. The van der Waals surface area contributed by atoms with Crippen LogP contribution in [0.3, 0.4) is 0 Å². The number of nitrogens with one attached hydrogen (secondary N) is 1. The maximum absolute atomic E-state index is 6.18. The predicted octanol–water partition coefficient (Wildman–Crippen LogP) is 1.98. The van der Waals surface area contributed by atoms with Gasteiger partial charge in [-0.25, -0.2) is 0 Å². The average molecular weight is 295 g/mol. The molecule has 0 aromatic carbocycles. The van der Waals surface area contributed by atoms with Crippen LogP contribution in [0.25, 0.3) is 0 Å². The van der Waals surface area contributed by atoms with Crippen LogP contribution in [-0.4, -0.2) is 55.2 Å². The Kier molecular flexibility index (Phi) is 5.01. The predicted molar refractivity (Wildman–Crippen MR) is 83.3 cm³/mol. The lowest BCUT2D eigenvalue weighted by Gasteiger charge is -2.36. The lowest BCUT2D eigenvalue weighted by molar-refractivity contribution is -0.0173. The molecule has 5 nitrogen and oxygen atoms in total. The highest BCUT2D eigenvalue weighted by Gasteiger charge is 2.32. The molecular weight excluding hydrogens is 266 g/mol. The highest BCUT2D eigenvalue weighted by molar-refractivity contribution is 5.79. The van der Waals surface area contributed by atoms with Crippen molar-refractivity contribution in [3.05, 3.63) is 0 Å². The van der Waals surface area contributed by atoms with Gasteiger partial charge in [0.1, 0.15) is 6.10 Å². The molecule has 3 aliphatic heterocycles. The summed E-state index contributed by atoms with van der Waals surface area (Å²) in [6.45, 7) is 8.45. The van der Waals surface area contributed by atoms with E-state index in [1.807, 2.05) is 0 Å². The number of piperidine rings is 2. The zero-order valence-corrected chi connectivity index (χ0v) is 13.4. The van der Waals surface area contributed by atoms with Crippen molar-refractivity contribution in [1.29, 1.82) is 0 Å². The Morgan fingerprint density at radius 3 is 2.57 bits per heavy atom. The second kappa shape index (κ2) is 6.97. The van der Waals surface area contributed by atoms with Crippen molar-refractivity contribution in [1.82, 2.24) is 10.2 Å². The molecule has 0 amide bonds. The van der Waals surface area contributed by atoms with Crippen molar-refractivity contribution in [2.24, 2.45) is 11.1 Å². The van der Waals surface area contributed by atoms with Gasteiger partial charge in [0.2, 0.25) is 5.90 Å². The maximum Gasteiger partial charge on any atom is 0.229 e. The van der Waals surface area contributed by atoms with E-state index in [-0.39, 0.29) is 6.10 Å². The van der Waals surface area contributed by atoms with Crippen molar-refractivity contribution in [3.63, 3.8) is 0 Å². The summed E-state index contributed by atoms with van der Waals surface area (Å²) in [6, 6.07) is 1.04. The van der Waals surface area contributed by atoms with Crippen LogP contribution >= 0.6 is 0 Å². The van der Waals surface area contributed by atoms with Gasteiger partial charge in [0.05, 0.1) is 0 Å². The third kappa shape index (κ3) is 4.10. The fraction of sp³-hybridized carbons (Fsp3) is 0.938. The van der Waals surface area contributed by atoms with Crippen LogP contribution in [0.15, 0.2) is 5.16 Å². The van der Waals surface area contributed by atoms with E-state index in [2.05, 4.69) is 29.2 Å². The molecule has 0 spiro atoms. The van der Waals surface area contributed by atoms with Gasteiger partial charge >= 0.3 is 0 Å². The lowest BCUT2D eigenvalue weighted by Crippen LogP contribution is -2.47. The largest absolute Gasteiger partial charge is 0.470 e. The van der Waals surface area contributed by atoms with Gasteiger partial charge < -0.3 is 14.9 Å². The van der Waals surface area contributed by atoms with Crippen LogP contribution in [-0.2, 0) is 9.57 Å². The molecule has 1 N–H and O–H groups in total. The number of nitrogens with zero attached hydrogens (tertiary/aromatic N) is 2. The quantitative estimate of drug-likeness (QED) is 0.865. The summed E-state index contributed by atoms with van der Waals surface area (Å²) in [4.78, 5) is 7.98. The minimum atomic E-state index is 0.149. The van der Waals surface area contributed by atoms with E-state index < -0.39 is 0 Å². The fourth-order valence-electron chi connectivity index (χ4n) is 3.87. The van der Waals surface area contributed by atoms with E-state index in [9.17, 15) is 0 Å². The van der Waals surface area contributed by atoms with Gasteiger partial charge in [-0.1, -0.05) is 11.6 Å². The highest BCUT2D eigenvalue weighted by Crippen LogP contribution is 2.25. The van der Waals surface area contributed by atoms with Crippen molar-refractivity contribution in [2.75, 3.05) is 26.2 Å². The Balaban J connectivity index is 1.53. The molecule has 0 aromatic rings. The Morgan fingerprint density at radius 2 is 1.86 bits per heavy atom. The van der Waals surface area contributed by atoms with Crippen molar-refractivity contribution in [3.8, 4) is 0 Å². The van der Waals surface area contributed by atoms with Gasteiger partial charge in [-0.05, 0) is 52.6 Å². The second-order valence-electron chi connectivity index (χ2n) is 6.96.